The van der Waals surface area contributed by atoms with E-state index in [0.717, 1.165) is 37.8 Å². The van der Waals surface area contributed by atoms with Gasteiger partial charge in [0, 0.05) is 51.1 Å². The van der Waals surface area contributed by atoms with Crippen LogP contribution in [-0.2, 0) is 14.4 Å². The van der Waals surface area contributed by atoms with Crippen molar-refractivity contribution in [3.8, 4) is 17.2 Å². The first-order valence-electron chi connectivity index (χ1n) is 14.6. The van der Waals surface area contributed by atoms with Gasteiger partial charge < -0.3 is 34.9 Å². The van der Waals surface area contributed by atoms with Gasteiger partial charge in [-0.3, -0.25) is 19.3 Å². The number of rotatable bonds is 15. The van der Waals surface area contributed by atoms with Gasteiger partial charge in [0.25, 0.3) is 0 Å². The Kier molecular flexibility index (Phi) is 10.5. The van der Waals surface area contributed by atoms with E-state index in [9.17, 15) is 19.5 Å². The fourth-order valence-electron chi connectivity index (χ4n) is 6.25. The van der Waals surface area contributed by atoms with Gasteiger partial charge in [0.2, 0.25) is 24.4 Å². The number of nitrogens with zero attached hydrogens (tertiary/aromatic N) is 3. The van der Waals surface area contributed by atoms with Crippen molar-refractivity contribution in [2.24, 2.45) is 11.7 Å². The number of hydrogen-bond acceptors (Lipinski definition) is 8. The molecule has 0 unspecified atom stereocenters. The number of fused-ring (bicyclic) bond motifs is 1. The van der Waals surface area contributed by atoms with Gasteiger partial charge in [0.15, 0.2) is 11.5 Å². The highest BCUT2D eigenvalue weighted by atomic mass is 16.7. The maximum absolute atomic E-state index is 13.5. The Morgan fingerprint density at radius 1 is 1.20 bits per heavy atom. The van der Waals surface area contributed by atoms with Gasteiger partial charge >= 0.3 is 5.97 Å². The summed E-state index contributed by atoms with van der Waals surface area (Å²) in [5.41, 5.74) is 6.52. The maximum atomic E-state index is 13.5. The van der Waals surface area contributed by atoms with E-state index in [-0.39, 0.29) is 37.1 Å². The highest BCUT2D eigenvalue weighted by Gasteiger charge is 2.47. The van der Waals surface area contributed by atoms with E-state index in [1.165, 1.54) is 0 Å². The molecular formula is C29H44N4O7. The van der Waals surface area contributed by atoms with Crippen molar-refractivity contribution >= 4 is 17.8 Å². The third-order valence-corrected chi connectivity index (χ3v) is 8.35. The second kappa shape index (κ2) is 14.0. The zero-order chi connectivity index (χ0) is 28.6. The minimum atomic E-state index is -0.898. The number of carboxylic acids is 1. The number of ether oxygens (including phenoxy) is 3. The van der Waals surface area contributed by atoms with Crippen molar-refractivity contribution in [3.63, 3.8) is 0 Å². The van der Waals surface area contributed by atoms with Crippen LogP contribution in [0.25, 0.3) is 0 Å². The van der Waals surface area contributed by atoms with Crippen LogP contribution in [-0.4, -0.2) is 103 Å². The van der Waals surface area contributed by atoms with Gasteiger partial charge in [-0.15, -0.1) is 0 Å². The van der Waals surface area contributed by atoms with E-state index in [2.05, 4.69) is 6.92 Å². The molecule has 2 fully saturated rings. The Morgan fingerprint density at radius 3 is 2.67 bits per heavy atom. The Bertz CT molecular complexity index is 1040. The fraction of sp³-hybridized carbons (Fsp3) is 0.690. The maximum Gasteiger partial charge on any atom is 0.308 e. The molecule has 0 radical (unpaired) electrons. The second-order valence-electron chi connectivity index (χ2n) is 10.9. The molecule has 0 aromatic heterocycles. The zero-order valence-electron chi connectivity index (χ0n) is 23.8. The summed E-state index contributed by atoms with van der Waals surface area (Å²) < 4.78 is 16.7. The zero-order valence-corrected chi connectivity index (χ0v) is 23.8. The van der Waals surface area contributed by atoms with Crippen molar-refractivity contribution in [2.75, 3.05) is 59.7 Å². The van der Waals surface area contributed by atoms with Crippen LogP contribution < -0.4 is 19.9 Å². The number of carbonyl (C=O) groups excluding carboxylic acids is 2. The number of carboxylic acid groups (broad SMARTS) is 1. The Labute approximate surface area is 236 Å². The summed E-state index contributed by atoms with van der Waals surface area (Å²) in [5.74, 6) is -0.309. The molecule has 0 spiro atoms. The Morgan fingerprint density at radius 2 is 2.00 bits per heavy atom. The van der Waals surface area contributed by atoms with Crippen LogP contribution in [0, 0.1) is 5.92 Å². The minimum absolute atomic E-state index is 0.00493. The average molecular weight is 561 g/mol. The van der Waals surface area contributed by atoms with Gasteiger partial charge in [-0.1, -0.05) is 13.3 Å². The Hall–Kier alpha value is -3.05. The third-order valence-electron chi connectivity index (χ3n) is 8.35. The van der Waals surface area contributed by atoms with Crippen LogP contribution in [0.15, 0.2) is 12.1 Å². The highest BCUT2D eigenvalue weighted by Crippen LogP contribution is 2.47. The average Bonchev–Trinajstić information content (AvgIpc) is 3.67. The first kappa shape index (κ1) is 29.9. The predicted octanol–water partition coefficient (Wildman–Crippen LogP) is 2.27. The van der Waals surface area contributed by atoms with Crippen molar-refractivity contribution < 1.29 is 33.7 Å². The van der Waals surface area contributed by atoms with E-state index in [1.807, 2.05) is 26.8 Å². The number of benzene rings is 1. The fourth-order valence-corrected chi connectivity index (χ4v) is 6.25. The molecule has 40 heavy (non-hydrogen) atoms. The summed E-state index contributed by atoms with van der Waals surface area (Å²) in [6.45, 7) is 5.85. The van der Waals surface area contributed by atoms with E-state index in [0.29, 0.717) is 69.2 Å². The topological polar surface area (TPSA) is 135 Å². The lowest BCUT2D eigenvalue weighted by molar-refractivity contribution is -0.144. The van der Waals surface area contributed by atoms with Crippen LogP contribution in [0.3, 0.4) is 0 Å². The third kappa shape index (κ3) is 6.80. The van der Waals surface area contributed by atoms with Gasteiger partial charge in [0.05, 0.1) is 19.6 Å². The number of methoxy groups -OCH3 is 1. The van der Waals surface area contributed by atoms with Crippen molar-refractivity contribution in [3.05, 3.63) is 17.7 Å². The summed E-state index contributed by atoms with van der Waals surface area (Å²) in [5, 5.41) is 10.5. The Balaban J connectivity index is 1.59. The van der Waals surface area contributed by atoms with E-state index < -0.39 is 11.9 Å². The molecule has 3 aliphatic rings. The minimum Gasteiger partial charge on any atom is -0.493 e. The standard InChI is InChI=1S/C29H44N4O7/c1-3-4-11-32(14-7-10-30)26(35)18-33-17-21(20-15-23(38-2)28-24(16-20)39-19-40-28)27(29(36)37)22(33)8-5-12-31-13-6-9-25(31)34/h15-16,21-22,27H,3-14,17-19,30H2,1-2H3,(H,36,37)/t21-,22+,27-/m1/s1. The lowest BCUT2D eigenvalue weighted by Gasteiger charge is -2.30. The summed E-state index contributed by atoms with van der Waals surface area (Å²) in [4.78, 5) is 44.3. The number of hydrogen-bond donors (Lipinski definition) is 2. The second-order valence-corrected chi connectivity index (χ2v) is 10.9. The first-order chi connectivity index (χ1) is 19.4. The van der Waals surface area contributed by atoms with Crippen molar-refractivity contribution in [1.82, 2.24) is 14.7 Å². The molecule has 1 aromatic carbocycles. The molecule has 1 aromatic rings. The molecule has 0 saturated carbocycles. The largest absolute Gasteiger partial charge is 0.493 e. The molecule has 3 heterocycles. The molecule has 222 valence electrons. The molecule has 3 atom stereocenters. The number of aliphatic carboxylic acids is 1. The normalized spacial score (nSPS) is 22.2. The molecular weight excluding hydrogens is 516 g/mol. The van der Waals surface area contributed by atoms with Crippen molar-refractivity contribution in [1.29, 1.82) is 0 Å². The molecule has 3 N–H and O–H groups in total. The number of carbonyl (C=O) groups is 3. The molecule has 2 amide bonds. The van der Waals surface area contributed by atoms with E-state index in [1.54, 1.807) is 7.11 Å². The number of amides is 2. The van der Waals surface area contributed by atoms with Gasteiger partial charge in [0.1, 0.15) is 0 Å². The first-order valence-corrected chi connectivity index (χ1v) is 14.6. The molecule has 4 rings (SSSR count). The monoisotopic (exact) mass is 560 g/mol. The van der Waals surface area contributed by atoms with Crippen LogP contribution in [0.2, 0.25) is 0 Å². The summed E-state index contributed by atoms with van der Waals surface area (Å²) in [7, 11) is 1.55. The SMILES string of the molecule is CCCCN(CCCN)C(=O)CN1C[C@H](c2cc(OC)c3c(c2)OCO3)[C@@H](C(=O)O)[C@@H]1CCCN1CCCC1=O. The molecule has 0 bridgehead atoms. The lowest BCUT2D eigenvalue weighted by atomic mass is 9.83. The van der Waals surface area contributed by atoms with Crippen LogP contribution in [0.1, 0.15) is 63.4 Å². The smallest absolute Gasteiger partial charge is 0.308 e. The summed E-state index contributed by atoms with van der Waals surface area (Å²) in [6.07, 6.45) is 5.29. The summed E-state index contributed by atoms with van der Waals surface area (Å²) >= 11 is 0. The molecule has 11 heteroatoms. The van der Waals surface area contributed by atoms with Gasteiger partial charge in [-0.25, -0.2) is 0 Å². The number of likely N-dealkylation sites (tertiary alicyclic amines) is 2. The quantitative estimate of drug-likeness (QED) is 0.331. The van der Waals surface area contributed by atoms with E-state index in [4.69, 9.17) is 19.9 Å². The molecule has 11 nitrogen and oxygen atoms in total. The number of nitrogens with two attached hydrogens (primary N) is 1. The molecule has 0 aliphatic carbocycles. The molecule has 2 saturated heterocycles. The molecule has 3 aliphatic heterocycles. The van der Waals surface area contributed by atoms with Crippen LogP contribution >= 0.6 is 0 Å². The van der Waals surface area contributed by atoms with E-state index >= 15 is 0 Å². The predicted molar refractivity (Wildman–Crippen MR) is 149 cm³/mol. The van der Waals surface area contributed by atoms with Crippen LogP contribution in [0.5, 0.6) is 17.2 Å². The van der Waals surface area contributed by atoms with Crippen molar-refractivity contribution in [2.45, 2.75) is 63.8 Å². The highest BCUT2D eigenvalue weighted by molar-refractivity contribution is 5.79. The summed E-state index contributed by atoms with van der Waals surface area (Å²) in [6, 6.07) is 3.31. The van der Waals surface area contributed by atoms with Crippen LogP contribution in [0.4, 0.5) is 0 Å². The van der Waals surface area contributed by atoms with Gasteiger partial charge in [-0.2, -0.15) is 0 Å². The van der Waals surface area contributed by atoms with Gasteiger partial charge in [-0.05, 0) is 56.3 Å². The lowest BCUT2D eigenvalue weighted by Crippen LogP contribution is -2.45. The number of unbranched alkanes of at least 4 members (excludes halogenated alkanes) is 1.